The molecule has 0 amide bonds. The molecule has 1 aromatic carbocycles. The Labute approximate surface area is 173 Å². The van der Waals surface area contributed by atoms with Gasteiger partial charge >= 0.3 is 0 Å². The quantitative estimate of drug-likeness (QED) is 0.419. The zero-order valence-corrected chi connectivity index (χ0v) is 16.8. The molecular formula is C20H22N6O4. The molecule has 0 aliphatic carbocycles. The van der Waals surface area contributed by atoms with E-state index in [0.717, 1.165) is 0 Å². The van der Waals surface area contributed by atoms with Gasteiger partial charge in [0.1, 0.15) is 17.3 Å². The number of aryl methyl sites for hydroxylation is 1. The van der Waals surface area contributed by atoms with Crippen molar-refractivity contribution >= 4 is 23.4 Å². The molecule has 0 unspecified atom stereocenters. The number of hydrogen-bond acceptors (Lipinski definition) is 9. The number of rotatable bonds is 7. The highest BCUT2D eigenvalue weighted by molar-refractivity contribution is 5.83. The molecule has 2 heterocycles. The maximum absolute atomic E-state index is 11.6. The predicted molar refractivity (Wildman–Crippen MR) is 112 cm³/mol. The second-order valence-electron chi connectivity index (χ2n) is 6.67. The molecule has 30 heavy (non-hydrogen) atoms. The first kappa shape index (κ1) is 21.2. The van der Waals surface area contributed by atoms with Crippen LogP contribution in [-0.4, -0.2) is 49.5 Å². The normalized spacial score (nSPS) is 14.0. The maximum atomic E-state index is 11.6. The van der Waals surface area contributed by atoms with Crippen LogP contribution in [0.25, 0.3) is 0 Å². The largest absolute Gasteiger partial charge is 0.380 e. The SMILES string of the molecule is COCc1cc(C)nc(NN=Cc2ccc(N3CCOCC3)c([N+](=O)[O-])c2)c1C#N. The minimum absolute atomic E-state index is 0.00891. The van der Waals surface area contributed by atoms with Gasteiger partial charge in [0.25, 0.3) is 5.69 Å². The lowest BCUT2D eigenvalue weighted by Gasteiger charge is -2.28. The minimum atomic E-state index is -0.400. The maximum Gasteiger partial charge on any atom is 0.293 e. The highest BCUT2D eigenvalue weighted by atomic mass is 16.6. The number of hydrazone groups is 1. The highest BCUT2D eigenvalue weighted by Gasteiger charge is 2.21. The van der Waals surface area contributed by atoms with Gasteiger partial charge in [-0.05, 0) is 19.1 Å². The number of nitro groups is 1. The molecule has 1 saturated heterocycles. The lowest BCUT2D eigenvalue weighted by Crippen LogP contribution is -2.36. The summed E-state index contributed by atoms with van der Waals surface area (Å²) in [5, 5.41) is 25.1. The second kappa shape index (κ2) is 9.78. The molecule has 0 atom stereocenters. The summed E-state index contributed by atoms with van der Waals surface area (Å²) < 4.78 is 10.4. The molecule has 1 fully saturated rings. The summed E-state index contributed by atoms with van der Waals surface area (Å²) in [5.41, 5.74) is 5.64. The van der Waals surface area contributed by atoms with Gasteiger partial charge in [0, 0.05) is 43.1 Å². The molecule has 10 heteroatoms. The van der Waals surface area contributed by atoms with Crippen LogP contribution in [0.2, 0.25) is 0 Å². The van der Waals surface area contributed by atoms with Gasteiger partial charge in [0.05, 0.1) is 31.0 Å². The molecule has 1 aromatic heterocycles. The number of benzene rings is 1. The molecule has 2 aromatic rings. The van der Waals surface area contributed by atoms with Gasteiger partial charge in [-0.2, -0.15) is 10.4 Å². The van der Waals surface area contributed by atoms with Crippen LogP contribution >= 0.6 is 0 Å². The van der Waals surface area contributed by atoms with Crippen molar-refractivity contribution < 1.29 is 14.4 Å². The summed E-state index contributed by atoms with van der Waals surface area (Å²) in [6, 6.07) is 8.84. The summed E-state index contributed by atoms with van der Waals surface area (Å²) >= 11 is 0. The summed E-state index contributed by atoms with van der Waals surface area (Å²) in [5.74, 6) is 0.306. The highest BCUT2D eigenvalue weighted by Crippen LogP contribution is 2.29. The number of nitrogens with one attached hydrogen (secondary N) is 1. The van der Waals surface area contributed by atoms with Crippen LogP contribution in [0.3, 0.4) is 0 Å². The summed E-state index contributed by atoms with van der Waals surface area (Å²) in [7, 11) is 1.55. The molecule has 1 aliphatic heterocycles. The van der Waals surface area contributed by atoms with Crippen molar-refractivity contribution in [1.82, 2.24) is 4.98 Å². The summed E-state index contributed by atoms with van der Waals surface area (Å²) in [6.45, 7) is 4.38. The first-order chi connectivity index (χ1) is 14.5. The van der Waals surface area contributed by atoms with E-state index in [1.54, 1.807) is 25.3 Å². The Hall–Kier alpha value is -3.55. The molecule has 1 N–H and O–H groups in total. The molecule has 0 radical (unpaired) electrons. The molecule has 0 saturated carbocycles. The summed E-state index contributed by atoms with van der Waals surface area (Å²) in [6.07, 6.45) is 1.46. The number of ether oxygens (including phenoxy) is 2. The number of anilines is 2. The van der Waals surface area contributed by atoms with Crippen molar-refractivity contribution in [2.75, 3.05) is 43.7 Å². The Kier molecular flexibility index (Phi) is 6.90. The van der Waals surface area contributed by atoms with E-state index in [1.807, 2.05) is 11.8 Å². The molecule has 156 valence electrons. The average Bonchev–Trinajstić information content (AvgIpc) is 2.74. The van der Waals surface area contributed by atoms with Crippen LogP contribution in [-0.2, 0) is 16.1 Å². The number of nitrogens with zero attached hydrogens (tertiary/aromatic N) is 5. The lowest BCUT2D eigenvalue weighted by molar-refractivity contribution is -0.384. The molecule has 10 nitrogen and oxygen atoms in total. The number of aromatic nitrogens is 1. The van der Waals surface area contributed by atoms with Crippen LogP contribution in [0.15, 0.2) is 29.4 Å². The van der Waals surface area contributed by atoms with Crippen molar-refractivity contribution in [2.45, 2.75) is 13.5 Å². The van der Waals surface area contributed by atoms with Crippen molar-refractivity contribution in [3.63, 3.8) is 0 Å². The smallest absolute Gasteiger partial charge is 0.293 e. The molecule has 0 spiro atoms. The van der Waals surface area contributed by atoms with E-state index < -0.39 is 4.92 Å². The van der Waals surface area contributed by atoms with Crippen molar-refractivity contribution in [3.05, 3.63) is 56.8 Å². The fraction of sp³-hybridized carbons (Fsp3) is 0.350. The van der Waals surface area contributed by atoms with Crippen molar-refractivity contribution in [3.8, 4) is 6.07 Å². The van der Waals surface area contributed by atoms with Crippen molar-refractivity contribution in [1.29, 1.82) is 5.26 Å². The number of hydrogen-bond donors (Lipinski definition) is 1. The third-order valence-corrected chi connectivity index (χ3v) is 4.57. The lowest BCUT2D eigenvalue weighted by atomic mass is 10.1. The van der Waals surface area contributed by atoms with E-state index in [4.69, 9.17) is 9.47 Å². The van der Waals surface area contributed by atoms with Gasteiger partial charge < -0.3 is 14.4 Å². The third-order valence-electron chi connectivity index (χ3n) is 4.57. The van der Waals surface area contributed by atoms with E-state index in [1.165, 1.54) is 12.3 Å². The van der Waals surface area contributed by atoms with Crippen LogP contribution in [0.1, 0.15) is 22.4 Å². The Morgan fingerprint density at radius 3 is 2.87 bits per heavy atom. The van der Waals surface area contributed by atoms with E-state index in [0.29, 0.717) is 60.2 Å². The Balaban J connectivity index is 1.82. The number of morpholine rings is 1. The standard InChI is InChI=1S/C20H22N6O4/c1-14-9-16(13-29-2)17(11-21)20(23-14)24-22-12-15-3-4-18(19(10-15)26(27)28)25-5-7-30-8-6-25/h3-4,9-10,12H,5-8,13H2,1-2H3,(H,23,24). The van der Waals surface area contributed by atoms with Crippen LogP contribution < -0.4 is 10.3 Å². The molecular weight excluding hydrogens is 388 g/mol. The second-order valence-corrected chi connectivity index (χ2v) is 6.67. The Morgan fingerprint density at radius 1 is 1.43 bits per heavy atom. The number of nitro benzene ring substituents is 1. The minimum Gasteiger partial charge on any atom is -0.380 e. The van der Waals surface area contributed by atoms with Crippen LogP contribution in [0.5, 0.6) is 0 Å². The fourth-order valence-electron chi connectivity index (χ4n) is 3.22. The number of pyridine rings is 1. The van der Waals surface area contributed by atoms with Gasteiger partial charge in [-0.1, -0.05) is 6.07 Å². The first-order valence-electron chi connectivity index (χ1n) is 9.33. The monoisotopic (exact) mass is 410 g/mol. The number of methoxy groups -OCH3 is 1. The molecule has 3 rings (SSSR count). The average molecular weight is 410 g/mol. The zero-order chi connectivity index (χ0) is 21.5. The van der Waals surface area contributed by atoms with Crippen molar-refractivity contribution in [2.24, 2.45) is 5.10 Å². The van der Waals surface area contributed by atoms with Gasteiger partial charge in [0.15, 0.2) is 5.82 Å². The van der Waals surface area contributed by atoms with Gasteiger partial charge in [0.2, 0.25) is 0 Å². The summed E-state index contributed by atoms with van der Waals surface area (Å²) in [4.78, 5) is 17.4. The van der Waals surface area contributed by atoms with Gasteiger partial charge in [-0.15, -0.1) is 0 Å². The van der Waals surface area contributed by atoms with E-state index in [9.17, 15) is 15.4 Å². The van der Waals surface area contributed by atoms with Gasteiger partial charge in [-0.25, -0.2) is 4.98 Å². The predicted octanol–water partition coefficient (Wildman–Crippen LogP) is 2.60. The molecule has 1 aliphatic rings. The Bertz CT molecular complexity index is 996. The van der Waals surface area contributed by atoms with E-state index in [-0.39, 0.29) is 12.3 Å². The topological polar surface area (TPSA) is 126 Å². The fourth-order valence-corrected chi connectivity index (χ4v) is 3.22. The van der Waals surface area contributed by atoms with Crippen LogP contribution in [0, 0.1) is 28.4 Å². The Morgan fingerprint density at radius 2 is 2.20 bits per heavy atom. The third kappa shape index (κ3) is 4.89. The number of nitriles is 1. The zero-order valence-electron chi connectivity index (χ0n) is 16.8. The van der Waals surface area contributed by atoms with E-state index >= 15 is 0 Å². The van der Waals surface area contributed by atoms with E-state index in [2.05, 4.69) is 21.6 Å². The van der Waals surface area contributed by atoms with Gasteiger partial charge in [-0.3, -0.25) is 15.5 Å². The molecule has 0 bridgehead atoms. The first-order valence-corrected chi connectivity index (χ1v) is 9.33. The van der Waals surface area contributed by atoms with Crippen LogP contribution in [0.4, 0.5) is 17.2 Å².